The number of hydrogen-bond donors (Lipinski definition) is 2. The quantitative estimate of drug-likeness (QED) is 0.603. The summed E-state index contributed by atoms with van der Waals surface area (Å²) in [4.78, 5) is 0. The number of nitrogens with two attached hydrogens (primary N) is 1. The van der Waals surface area contributed by atoms with Crippen LogP contribution < -0.4 is 11.2 Å². The number of hydrogen-bond acceptors (Lipinski definition) is 7. The maximum atomic E-state index is 5.90. The van der Waals surface area contributed by atoms with Crippen molar-refractivity contribution in [3.63, 3.8) is 0 Å². The molecule has 0 saturated carbocycles. The number of aromatic nitrogens is 4. The Bertz CT molecular complexity index is 820. The number of nitrogens with one attached hydrogen (secondary N) is 1. The molecule has 2 bridgehead atoms. The number of nitrogens with zero attached hydrogens (tertiary/aromatic N) is 5. The van der Waals surface area contributed by atoms with Gasteiger partial charge in [0.1, 0.15) is 6.10 Å². The molecule has 3 heterocycles. The lowest BCUT2D eigenvalue weighted by Crippen LogP contribution is -2.39. The van der Waals surface area contributed by atoms with E-state index in [0.29, 0.717) is 24.6 Å². The maximum absolute atomic E-state index is 5.90. The minimum absolute atomic E-state index is 0.0898. The molecule has 0 spiro atoms. The summed E-state index contributed by atoms with van der Waals surface area (Å²) in [5.74, 6) is 0.681. The summed E-state index contributed by atoms with van der Waals surface area (Å²) < 4.78 is 13.3. The Morgan fingerprint density at radius 1 is 1.40 bits per heavy atom. The van der Waals surface area contributed by atoms with Crippen LogP contribution in [0.1, 0.15) is 18.0 Å². The number of aryl methyl sites for hydroxylation is 1. The molecule has 0 aliphatic carbocycles. The largest absolute Gasteiger partial charge is 0.375 e. The van der Waals surface area contributed by atoms with Gasteiger partial charge in [0, 0.05) is 12.0 Å². The Morgan fingerprint density at radius 3 is 2.96 bits per heavy atom. The van der Waals surface area contributed by atoms with E-state index in [1.807, 2.05) is 31.2 Å². The van der Waals surface area contributed by atoms with Crippen LogP contribution in [0.4, 0.5) is 0 Å². The molecule has 0 unspecified atom stereocenters. The molecule has 2 fully saturated rings. The molecule has 2 saturated heterocycles. The van der Waals surface area contributed by atoms with Crippen molar-refractivity contribution in [3.05, 3.63) is 29.8 Å². The van der Waals surface area contributed by atoms with E-state index in [4.69, 9.17) is 27.4 Å². The van der Waals surface area contributed by atoms with E-state index in [-0.39, 0.29) is 17.3 Å². The van der Waals surface area contributed by atoms with Crippen molar-refractivity contribution in [1.29, 1.82) is 0 Å². The van der Waals surface area contributed by atoms with Crippen molar-refractivity contribution >= 4 is 23.0 Å². The third-order valence-corrected chi connectivity index (χ3v) is 4.35. The molecule has 2 aliphatic heterocycles. The van der Waals surface area contributed by atoms with E-state index in [2.05, 4.69) is 26.1 Å². The monoisotopic (exact) mass is 359 g/mol. The fourth-order valence-electron chi connectivity index (χ4n) is 3.02. The van der Waals surface area contributed by atoms with Gasteiger partial charge in [0.25, 0.3) is 0 Å². The predicted molar refractivity (Wildman–Crippen MR) is 93.6 cm³/mol. The molecule has 3 atom stereocenters. The second-order valence-corrected chi connectivity index (χ2v) is 6.44. The zero-order valence-corrected chi connectivity index (χ0v) is 14.3. The summed E-state index contributed by atoms with van der Waals surface area (Å²) >= 11 is 4.79. The third-order valence-electron chi connectivity index (χ3n) is 4.26. The van der Waals surface area contributed by atoms with Gasteiger partial charge in [-0.3, -0.25) is 5.43 Å². The second kappa shape index (κ2) is 6.47. The Hall–Kier alpha value is -2.43. The first kappa shape index (κ1) is 16.1. The van der Waals surface area contributed by atoms with Crippen LogP contribution >= 0.6 is 12.2 Å². The molecular weight excluding hydrogens is 342 g/mol. The molecule has 1 aromatic carbocycles. The summed E-state index contributed by atoms with van der Waals surface area (Å²) in [6, 6.07) is 7.92. The predicted octanol–water partition coefficient (Wildman–Crippen LogP) is 0.524. The van der Waals surface area contributed by atoms with Crippen LogP contribution in [-0.2, 0) is 9.47 Å². The van der Waals surface area contributed by atoms with E-state index in [1.165, 1.54) is 5.56 Å². The molecule has 9 nitrogen and oxygen atoms in total. The summed E-state index contributed by atoms with van der Waals surface area (Å²) in [6.45, 7) is 2.49. The van der Waals surface area contributed by atoms with E-state index in [1.54, 1.807) is 4.68 Å². The molecule has 0 radical (unpaired) electrons. The van der Waals surface area contributed by atoms with Gasteiger partial charge in [-0.1, -0.05) is 29.8 Å². The summed E-state index contributed by atoms with van der Waals surface area (Å²) in [5, 5.41) is 16.5. The normalized spacial score (nSPS) is 26.8. The number of hydrazone groups is 1. The smallest absolute Gasteiger partial charge is 0.199 e. The SMILES string of the molecule is Cc1ccc(-c2nnnn2[C@@H]2C/C(=N/NC(N)=S)[C@H]3OC[C@@H]2O3)cc1. The van der Waals surface area contributed by atoms with Gasteiger partial charge in [-0.25, -0.2) is 4.68 Å². The highest BCUT2D eigenvalue weighted by Crippen LogP contribution is 2.35. The van der Waals surface area contributed by atoms with Crippen LogP contribution in [0.2, 0.25) is 0 Å². The van der Waals surface area contributed by atoms with Crippen molar-refractivity contribution in [2.75, 3.05) is 6.61 Å². The van der Waals surface area contributed by atoms with Crippen molar-refractivity contribution in [2.24, 2.45) is 10.8 Å². The zero-order valence-electron chi connectivity index (χ0n) is 13.5. The van der Waals surface area contributed by atoms with E-state index in [9.17, 15) is 0 Å². The van der Waals surface area contributed by atoms with E-state index < -0.39 is 6.29 Å². The molecule has 3 N–H and O–H groups in total. The van der Waals surface area contributed by atoms with E-state index in [0.717, 1.165) is 5.56 Å². The Kier molecular flexibility index (Phi) is 4.15. The van der Waals surface area contributed by atoms with Gasteiger partial charge in [-0.2, -0.15) is 5.10 Å². The molecule has 0 amide bonds. The lowest BCUT2D eigenvalue weighted by Gasteiger charge is -2.28. The summed E-state index contributed by atoms with van der Waals surface area (Å²) in [7, 11) is 0. The number of tetrazole rings is 1. The van der Waals surface area contributed by atoms with Gasteiger partial charge in [0.15, 0.2) is 17.2 Å². The number of thiocarbonyl (C=S) groups is 1. The fourth-order valence-corrected chi connectivity index (χ4v) is 3.06. The first-order chi connectivity index (χ1) is 12.1. The fraction of sp³-hybridized carbons (Fsp3) is 0.400. The lowest BCUT2D eigenvalue weighted by molar-refractivity contribution is -0.0320. The topological polar surface area (TPSA) is 112 Å². The minimum Gasteiger partial charge on any atom is -0.375 e. The van der Waals surface area contributed by atoms with Gasteiger partial charge in [-0.15, -0.1) is 5.10 Å². The highest BCUT2D eigenvalue weighted by molar-refractivity contribution is 7.80. The van der Waals surface area contributed by atoms with Crippen LogP contribution in [-0.4, -0.2) is 50.0 Å². The molecular formula is C15H17N7O2S. The van der Waals surface area contributed by atoms with Crippen LogP contribution in [0.15, 0.2) is 29.4 Å². The molecule has 25 heavy (non-hydrogen) atoms. The molecule has 1 aromatic heterocycles. The van der Waals surface area contributed by atoms with Crippen molar-refractivity contribution < 1.29 is 9.47 Å². The van der Waals surface area contributed by atoms with Gasteiger partial charge >= 0.3 is 0 Å². The lowest BCUT2D eigenvalue weighted by atomic mass is 10.0. The average Bonchev–Trinajstić information content (AvgIpc) is 3.23. The Morgan fingerprint density at radius 2 is 2.20 bits per heavy atom. The number of rotatable bonds is 3. The average molecular weight is 359 g/mol. The van der Waals surface area contributed by atoms with Crippen LogP contribution in [0.25, 0.3) is 11.4 Å². The third kappa shape index (κ3) is 3.11. The Labute approximate surface area is 149 Å². The van der Waals surface area contributed by atoms with Crippen molar-refractivity contribution in [1.82, 2.24) is 25.6 Å². The van der Waals surface area contributed by atoms with Crippen LogP contribution in [0.5, 0.6) is 0 Å². The van der Waals surface area contributed by atoms with Gasteiger partial charge in [0.2, 0.25) is 0 Å². The Balaban J connectivity index is 1.65. The van der Waals surface area contributed by atoms with E-state index >= 15 is 0 Å². The molecule has 10 heteroatoms. The number of ether oxygens (including phenoxy) is 2. The zero-order chi connectivity index (χ0) is 17.4. The molecule has 2 aliphatic rings. The number of fused-ring (bicyclic) bond motifs is 2. The van der Waals surface area contributed by atoms with Gasteiger partial charge in [-0.05, 0) is 29.6 Å². The van der Waals surface area contributed by atoms with Crippen molar-refractivity contribution in [3.8, 4) is 11.4 Å². The first-order valence-electron chi connectivity index (χ1n) is 7.85. The minimum atomic E-state index is -0.484. The van der Waals surface area contributed by atoms with Gasteiger partial charge < -0.3 is 15.2 Å². The molecule has 130 valence electrons. The van der Waals surface area contributed by atoms with Gasteiger partial charge in [0.05, 0.1) is 18.4 Å². The highest BCUT2D eigenvalue weighted by Gasteiger charge is 2.44. The standard InChI is InChI=1S/C15H17N7O2S/c1-8-2-4-9(5-3-8)13-18-20-21-22(13)11-6-10(17-19-15(16)25)14-23-7-12(11)24-14/h2-5,11-12,14H,6-7H2,1H3,(H3,16,19,25)/b17-10-/t11-,12+,14+/m1/s1. The second-order valence-electron chi connectivity index (χ2n) is 6.00. The molecule has 2 aromatic rings. The summed E-state index contributed by atoms with van der Waals surface area (Å²) in [6.07, 6.45) is -0.0432. The first-order valence-corrected chi connectivity index (χ1v) is 8.26. The maximum Gasteiger partial charge on any atom is 0.199 e. The summed E-state index contributed by atoms with van der Waals surface area (Å²) in [5.41, 5.74) is 10.8. The van der Waals surface area contributed by atoms with Crippen molar-refractivity contribution in [2.45, 2.75) is 31.8 Å². The highest BCUT2D eigenvalue weighted by atomic mass is 32.1. The van der Waals surface area contributed by atoms with Crippen LogP contribution in [0, 0.1) is 6.92 Å². The molecule has 4 rings (SSSR count). The number of benzene rings is 1. The van der Waals surface area contributed by atoms with Crippen LogP contribution in [0.3, 0.4) is 0 Å².